The lowest BCUT2D eigenvalue weighted by molar-refractivity contribution is 0.00590. The topological polar surface area (TPSA) is 53.4 Å². The van der Waals surface area contributed by atoms with E-state index in [1.807, 2.05) is 44.2 Å². The van der Waals surface area contributed by atoms with Crippen LogP contribution in [0.5, 0.6) is 0 Å². The number of nitrogens with zero attached hydrogens (tertiary/aromatic N) is 2. The molecule has 3 rings (SSSR count). The molecular weight excluding hydrogens is 264 g/mol. The molecule has 2 aromatic rings. The van der Waals surface area contributed by atoms with Crippen LogP contribution in [0.3, 0.4) is 0 Å². The molecule has 1 amide bonds. The van der Waals surface area contributed by atoms with Crippen LogP contribution >= 0.6 is 0 Å². The van der Waals surface area contributed by atoms with E-state index >= 15 is 0 Å². The Kier molecular flexibility index (Phi) is 3.47. The van der Waals surface area contributed by atoms with E-state index in [9.17, 15) is 9.90 Å². The molecule has 0 aliphatic carbocycles. The summed E-state index contributed by atoms with van der Waals surface area (Å²) in [6, 6.07) is 11.5. The Hall–Kier alpha value is -2.20. The summed E-state index contributed by atoms with van der Waals surface area (Å²) < 4.78 is 0. The zero-order valence-corrected chi connectivity index (χ0v) is 12.2. The van der Waals surface area contributed by atoms with Crippen molar-refractivity contribution in [3.05, 3.63) is 53.2 Å². The summed E-state index contributed by atoms with van der Waals surface area (Å²) >= 11 is 0. The number of amides is 1. The molecule has 1 N–H and O–H groups in total. The van der Waals surface area contributed by atoms with Gasteiger partial charge in [-0.15, -0.1) is 0 Å². The number of pyridine rings is 1. The molecule has 0 atom stereocenters. The monoisotopic (exact) mass is 282 g/mol. The van der Waals surface area contributed by atoms with Gasteiger partial charge in [-0.3, -0.25) is 9.78 Å². The number of aliphatic hydroxyl groups is 1. The second-order valence-electron chi connectivity index (χ2n) is 5.54. The number of aliphatic hydroxyl groups excluding tert-OH is 1. The summed E-state index contributed by atoms with van der Waals surface area (Å²) in [5.41, 5.74) is 4.74. The number of benzene rings is 1. The zero-order valence-electron chi connectivity index (χ0n) is 12.2. The molecule has 21 heavy (non-hydrogen) atoms. The van der Waals surface area contributed by atoms with Crippen molar-refractivity contribution in [1.82, 2.24) is 9.88 Å². The molecule has 0 unspecified atom stereocenters. The fraction of sp³-hybridized carbons (Fsp3) is 0.294. The van der Waals surface area contributed by atoms with Crippen LogP contribution in [0.1, 0.15) is 21.6 Å². The van der Waals surface area contributed by atoms with Crippen LogP contribution < -0.4 is 0 Å². The minimum absolute atomic E-state index is 0.0279. The van der Waals surface area contributed by atoms with Gasteiger partial charge < -0.3 is 10.0 Å². The molecule has 0 radical (unpaired) electrons. The third kappa shape index (κ3) is 2.67. The minimum atomic E-state index is -0.368. The van der Waals surface area contributed by atoms with E-state index in [0.717, 1.165) is 17.0 Å². The number of hydrogen-bond acceptors (Lipinski definition) is 3. The third-order valence-electron chi connectivity index (χ3n) is 3.93. The zero-order chi connectivity index (χ0) is 15.0. The SMILES string of the molecule is Cc1ccc(-c2ccc(C(=O)N3CC(O)C3)cc2)nc1C. The summed E-state index contributed by atoms with van der Waals surface area (Å²) in [5, 5.41) is 9.25. The van der Waals surface area contributed by atoms with E-state index in [1.165, 1.54) is 5.56 Å². The van der Waals surface area contributed by atoms with Crippen LogP contribution in [-0.4, -0.2) is 40.1 Å². The highest BCUT2D eigenvalue weighted by Crippen LogP contribution is 2.21. The van der Waals surface area contributed by atoms with Gasteiger partial charge in [0.2, 0.25) is 0 Å². The highest BCUT2D eigenvalue weighted by molar-refractivity contribution is 5.95. The van der Waals surface area contributed by atoms with Crippen molar-refractivity contribution in [2.24, 2.45) is 0 Å². The fourth-order valence-corrected chi connectivity index (χ4v) is 2.38. The van der Waals surface area contributed by atoms with Gasteiger partial charge >= 0.3 is 0 Å². The van der Waals surface area contributed by atoms with Crippen LogP contribution in [0.2, 0.25) is 0 Å². The first kappa shape index (κ1) is 13.8. The molecule has 1 aliphatic rings. The number of carbonyl (C=O) groups is 1. The number of carbonyl (C=O) groups excluding carboxylic acids is 1. The molecule has 0 bridgehead atoms. The first-order valence-corrected chi connectivity index (χ1v) is 7.06. The predicted octanol–water partition coefficient (Wildman–Crippen LogP) is 2.18. The van der Waals surface area contributed by atoms with Gasteiger partial charge in [-0.25, -0.2) is 0 Å². The van der Waals surface area contributed by atoms with Crippen LogP contribution in [0.15, 0.2) is 36.4 Å². The Labute approximate surface area is 124 Å². The Bertz CT molecular complexity index is 674. The van der Waals surface area contributed by atoms with Crippen molar-refractivity contribution in [2.75, 3.05) is 13.1 Å². The standard InChI is InChI=1S/C17H18N2O2/c1-11-3-8-16(18-12(11)2)13-4-6-14(7-5-13)17(21)19-9-15(20)10-19/h3-8,15,20H,9-10H2,1-2H3. The van der Waals surface area contributed by atoms with Gasteiger partial charge in [-0.1, -0.05) is 18.2 Å². The number of aromatic nitrogens is 1. The molecule has 1 aliphatic heterocycles. The Morgan fingerprint density at radius 2 is 1.81 bits per heavy atom. The van der Waals surface area contributed by atoms with E-state index < -0.39 is 0 Å². The highest BCUT2D eigenvalue weighted by Gasteiger charge is 2.29. The van der Waals surface area contributed by atoms with Crippen LogP contribution in [0.4, 0.5) is 0 Å². The molecule has 1 aromatic heterocycles. The molecule has 1 aromatic carbocycles. The van der Waals surface area contributed by atoms with Crippen molar-refractivity contribution in [1.29, 1.82) is 0 Å². The van der Waals surface area contributed by atoms with Crippen LogP contribution in [0, 0.1) is 13.8 Å². The molecule has 4 nitrogen and oxygen atoms in total. The number of aryl methyl sites for hydroxylation is 2. The van der Waals surface area contributed by atoms with E-state index in [0.29, 0.717) is 18.7 Å². The van der Waals surface area contributed by atoms with Gasteiger partial charge in [0.15, 0.2) is 0 Å². The second-order valence-corrected chi connectivity index (χ2v) is 5.54. The molecule has 4 heteroatoms. The van der Waals surface area contributed by atoms with E-state index in [2.05, 4.69) is 11.1 Å². The second kappa shape index (κ2) is 5.30. The van der Waals surface area contributed by atoms with E-state index in [-0.39, 0.29) is 12.0 Å². The van der Waals surface area contributed by atoms with E-state index in [4.69, 9.17) is 0 Å². The van der Waals surface area contributed by atoms with Gasteiger partial charge in [0.05, 0.1) is 11.8 Å². The van der Waals surface area contributed by atoms with Crippen molar-refractivity contribution in [3.8, 4) is 11.3 Å². The summed E-state index contributed by atoms with van der Waals surface area (Å²) in [5.74, 6) is -0.0279. The van der Waals surface area contributed by atoms with Crippen LogP contribution in [0.25, 0.3) is 11.3 Å². The first-order valence-electron chi connectivity index (χ1n) is 7.06. The van der Waals surface area contributed by atoms with Crippen molar-refractivity contribution in [3.63, 3.8) is 0 Å². The maximum atomic E-state index is 12.1. The fourth-order valence-electron chi connectivity index (χ4n) is 2.38. The van der Waals surface area contributed by atoms with Crippen LogP contribution in [-0.2, 0) is 0 Å². The quantitative estimate of drug-likeness (QED) is 0.918. The number of hydrogen-bond donors (Lipinski definition) is 1. The molecule has 1 fully saturated rings. The summed E-state index contributed by atoms with van der Waals surface area (Å²) in [6.45, 7) is 4.89. The lowest BCUT2D eigenvalue weighted by atomic mass is 10.0. The maximum Gasteiger partial charge on any atom is 0.254 e. The average molecular weight is 282 g/mol. The average Bonchev–Trinajstić information content (AvgIpc) is 2.46. The highest BCUT2D eigenvalue weighted by atomic mass is 16.3. The van der Waals surface area contributed by atoms with Crippen molar-refractivity contribution >= 4 is 5.91 Å². The largest absolute Gasteiger partial charge is 0.389 e. The lowest BCUT2D eigenvalue weighted by Gasteiger charge is -2.35. The summed E-state index contributed by atoms with van der Waals surface area (Å²) in [4.78, 5) is 18.3. The predicted molar refractivity (Wildman–Crippen MR) is 81.1 cm³/mol. The Balaban J connectivity index is 1.80. The summed E-state index contributed by atoms with van der Waals surface area (Å²) in [6.07, 6.45) is -0.368. The van der Waals surface area contributed by atoms with Crippen molar-refractivity contribution in [2.45, 2.75) is 20.0 Å². The number of likely N-dealkylation sites (tertiary alicyclic amines) is 1. The molecule has 2 heterocycles. The lowest BCUT2D eigenvalue weighted by Crippen LogP contribution is -2.53. The Morgan fingerprint density at radius 1 is 1.14 bits per heavy atom. The van der Waals surface area contributed by atoms with E-state index in [1.54, 1.807) is 4.90 Å². The molecule has 0 saturated carbocycles. The Morgan fingerprint density at radius 3 is 2.38 bits per heavy atom. The molecule has 1 saturated heterocycles. The van der Waals surface area contributed by atoms with Gasteiger partial charge in [-0.2, -0.15) is 0 Å². The van der Waals surface area contributed by atoms with Gasteiger partial charge in [-0.05, 0) is 37.6 Å². The smallest absolute Gasteiger partial charge is 0.254 e. The third-order valence-corrected chi connectivity index (χ3v) is 3.93. The molecule has 0 spiro atoms. The molecule has 108 valence electrons. The minimum Gasteiger partial charge on any atom is -0.389 e. The molecular formula is C17H18N2O2. The van der Waals surface area contributed by atoms with Crippen molar-refractivity contribution < 1.29 is 9.90 Å². The number of rotatable bonds is 2. The van der Waals surface area contributed by atoms with Gasteiger partial charge in [0.25, 0.3) is 5.91 Å². The van der Waals surface area contributed by atoms with Gasteiger partial charge in [0.1, 0.15) is 0 Å². The normalized spacial score (nSPS) is 14.9. The summed E-state index contributed by atoms with van der Waals surface area (Å²) in [7, 11) is 0. The van der Waals surface area contributed by atoms with Gasteiger partial charge in [0, 0.05) is 29.9 Å². The first-order chi connectivity index (χ1) is 10.0. The number of β-amino-alcohol motifs (C(OH)–C–C–N with tert-alkyl or cyclic N) is 1. The maximum absolute atomic E-state index is 12.1.